The van der Waals surface area contributed by atoms with Gasteiger partial charge in [-0.25, -0.2) is 9.37 Å². The van der Waals surface area contributed by atoms with Gasteiger partial charge in [0.15, 0.2) is 5.82 Å². The largest absolute Gasteiger partial charge is 0.460 e. The van der Waals surface area contributed by atoms with Gasteiger partial charge in [0.05, 0.1) is 16.7 Å². The first kappa shape index (κ1) is 22.1. The van der Waals surface area contributed by atoms with E-state index in [0.717, 1.165) is 0 Å². The Labute approximate surface area is 165 Å². The predicted octanol–water partition coefficient (Wildman–Crippen LogP) is 3.74. The Kier molecular flexibility index (Phi) is 6.24. The first-order valence-electron chi connectivity index (χ1n) is 9.28. The van der Waals surface area contributed by atoms with Crippen LogP contribution in [-0.4, -0.2) is 34.2 Å². The first-order valence-corrected chi connectivity index (χ1v) is 9.66. The fraction of sp³-hybridized carbons (Fsp3) is 0.700. The molecule has 2 rings (SSSR count). The van der Waals surface area contributed by atoms with E-state index in [-0.39, 0.29) is 34.8 Å². The maximum Gasteiger partial charge on any atom is 0.313 e. The maximum absolute atomic E-state index is 15.1. The van der Waals surface area contributed by atoms with Gasteiger partial charge in [-0.1, -0.05) is 11.6 Å². The number of carbonyl (C=O) groups excluding carboxylic acids is 1. The molecule has 2 atom stereocenters. The van der Waals surface area contributed by atoms with Crippen molar-refractivity contribution in [3.8, 4) is 0 Å². The number of aliphatic hydroxyl groups is 1. The third-order valence-electron chi connectivity index (χ3n) is 4.79. The summed E-state index contributed by atoms with van der Waals surface area (Å²) >= 11 is 6.09. The monoisotopic (exact) mass is 400 g/mol. The summed E-state index contributed by atoms with van der Waals surface area (Å²) < 4.78 is 20.8. The Morgan fingerprint density at radius 3 is 2.59 bits per heavy atom. The molecule has 0 amide bonds. The SMILES string of the molecule is C[C@@H]1CC(Cc2nc(Cl)cc(C(C)(C)O)c2F)(C(=O)OC(C)(C)C)CCN1. The van der Waals surface area contributed by atoms with Crippen molar-refractivity contribution in [1.82, 2.24) is 10.3 Å². The van der Waals surface area contributed by atoms with Crippen LogP contribution in [0.1, 0.15) is 65.6 Å². The summed E-state index contributed by atoms with van der Waals surface area (Å²) in [6.07, 6.45) is 1.09. The van der Waals surface area contributed by atoms with Gasteiger partial charge in [-0.05, 0) is 67.0 Å². The fourth-order valence-corrected chi connectivity index (χ4v) is 3.76. The van der Waals surface area contributed by atoms with Gasteiger partial charge < -0.3 is 15.2 Å². The van der Waals surface area contributed by atoms with E-state index < -0.39 is 22.4 Å². The summed E-state index contributed by atoms with van der Waals surface area (Å²) in [5.74, 6) is -0.977. The summed E-state index contributed by atoms with van der Waals surface area (Å²) in [4.78, 5) is 17.2. The lowest BCUT2D eigenvalue weighted by molar-refractivity contribution is -0.170. The summed E-state index contributed by atoms with van der Waals surface area (Å²) in [5.41, 5.74) is -2.80. The molecule has 27 heavy (non-hydrogen) atoms. The van der Waals surface area contributed by atoms with Gasteiger partial charge in [-0.15, -0.1) is 0 Å². The number of hydrogen-bond acceptors (Lipinski definition) is 5. The molecule has 0 aliphatic carbocycles. The second kappa shape index (κ2) is 7.64. The fourth-order valence-electron chi connectivity index (χ4n) is 3.55. The number of hydrogen-bond donors (Lipinski definition) is 2. The number of aromatic nitrogens is 1. The molecular weight excluding hydrogens is 371 g/mol. The minimum absolute atomic E-state index is 0.0684. The lowest BCUT2D eigenvalue weighted by atomic mass is 9.72. The lowest BCUT2D eigenvalue weighted by Crippen LogP contribution is -2.50. The average molecular weight is 401 g/mol. The standard InChI is InChI=1S/C20H30ClFN2O3/c1-12-10-20(7-8-23-12,17(25)27-18(2,3)4)11-14-16(22)13(19(5,6)26)9-15(21)24-14/h9,12,23,26H,7-8,10-11H2,1-6H3/t12-,20?/m1/s1. The van der Waals surface area contributed by atoms with E-state index in [1.54, 1.807) is 0 Å². The van der Waals surface area contributed by atoms with Gasteiger partial charge in [-0.2, -0.15) is 0 Å². The van der Waals surface area contributed by atoms with Crippen LogP contribution in [0.5, 0.6) is 0 Å². The minimum Gasteiger partial charge on any atom is -0.460 e. The van der Waals surface area contributed by atoms with Gasteiger partial charge in [0.25, 0.3) is 0 Å². The van der Waals surface area contributed by atoms with Gasteiger partial charge >= 0.3 is 5.97 Å². The number of piperidine rings is 1. The number of halogens is 2. The Morgan fingerprint density at radius 2 is 2.07 bits per heavy atom. The second-order valence-corrected chi connectivity index (χ2v) is 9.47. The van der Waals surface area contributed by atoms with E-state index in [0.29, 0.717) is 19.4 Å². The third-order valence-corrected chi connectivity index (χ3v) is 4.98. The zero-order valence-corrected chi connectivity index (χ0v) is 17.7. The number of carbonyl (C=O) groups is 1. The van der Waals surface area contributed by atoms with Crippen LogP contribution < -0.4 is 5.32 Å². The van der Waals surface area contributed by atoms with E-state index >= 15 is 4.39 Å². The van der Waals surface area contributed by atoms with Crippen LogP contribution in [0.4, 0.5) is 4.39 Å². The molecule has 0 spiro atoms. The lowest BCUT2D eigenvalue weighted by Gasteiger charge is -2.40. The number of ether oxygens (including phenoxy) is 1. The molecule has 0 saturated carbocycles. The van der Waals surface area contributed by atoms with Crippen molar-refractivity contribution in [1.29, 1.82) is 0 Å². The molecular formula is C20H30ClFN2O3. The van der Waals surface area contributed by atoms with E-state index in [2.05, 4.69) is 10.3 Å². The topological polar surface area (TPSA) is 71.5 Å². The van der Waals surface area contributed by atoms with Crippen LogP contribution in [0.3, 0.4) is 0 Å². The molecule has 2 heterocycles. The number of pyridine rings is 1. The molecule has 1 fully saturated rings. The van der Waals surface area contributed by atoms with E-state index in [1.165, 1.54) is 19.9 Å². The second-order valence-electron chi connectivity index (χ2n) is 9.08. The molecule has 0 aromatic carbocycles. The Bertz CT molecular complexity index is 712. The molecule has 1 saturated heterocycles. The van der Waals surface area contributed by atoms with Crippen molar-refractivity contribution in [3.05, 3.63) is 28.3 Å². The number of nitrogens with zero attached hydrogens (tertiary/aromatic N) is 1. The maximum atomic E-state index is 15.1. The molecule has 7 heteroatoms. The molecule has 0 radical (unpaired) electrons. The van der Waals surface area contributed by atoms with Gasteiger partial charge in [0, 0.05) is 18.0 Å². The highest BCUT2D eigenvalue weighted by Crippen LogP contribution is 2.39. The molecule has 152 valence electrons. The zero-order chi connectivity index (χ0) is 20.6. The van der Waals surface area contributed by atoms with Crippen molar-refractivity contribution in [2.24, 2.45) is 5.41 Å². The van der Waals surface area contributed by atoms with Crippen molar-refractivity contribution >= 4 is 17.6 Å². The Balaban J connectivity index is 2.48. The van der Waals surface area contributed by atoms with Gasteiger partial charge in [-0.3, -0.25) is 4.79 Å². The van der Waals surface area contributed by atoms with Crippen molar-refractivity contribution in [2.75, 3.05) is 6.54 Å². The van der Waals surface area contributed by atoms with Crippen LogP contribution >= 0.6 is 11.6 Å². The van der Waals surface area contributed by atoms with Crippen molar-refractivity contribution in [3.63, 3.8) is 0 Å². The van der Waals surface area contributed by atoms with Crippen LogP contribution in [0.15, 0.2) is 6.07 Å². The molecule has 1 aromatic heterocycles. The molecule has 1 unspecified atom stereocenters. The Morgan fingerprint density at radius 1 is 1.44 bits per heavy atom. The number of rotatable bonds is 4. The quantitative estimate of drug-likeness (QED) is 0.595. The summed E-state index contributed by atoms with van der Waals surface area (Å²) in [6, 6.07) is 1.41. The highest BCUT2D eigenvalue weighted by atomic mass is 35.5. The smallest absolute Gasteiger partial charge is 0.313 e. The summed E-state index contributed by atoms with van der Waals surface area (Å²) in [6.45, 7) is 11.0. The van der Waals surface area contributed by atoms with Crippen molar-refractivity contribution in [2.45, 2.75) is 78.0 Å². The first-order chi connectivity index (χ1) is 12.2. The van der Waals surface area contributed by atoms with E-state index in [9.17, 15) is 9.90 Å². The summed E-state index contributed by atoms with van der Waals surface area (Å²) in [5, 5.41) is 13.7. The average Bonchev–Trinajstić information content (AvgIpc) is 2.47. The highest BCUT2D eigenvalue weighted by Gasteiger charge is 2.45. The minimum atomic E-state index is -1.41. The molecule has 2 N–H and O–H groups in total. The van der Waals surface area contributed by atoms with Gasteiger partial charge in [0.2, 0.25) is 0 Å². The van der Waals surface area contributed by atoms with Gasteiger partial charge in [0.1, 0.15) is 10.8 Å². The van der Waals surface area contributed by atoms with Crippen LogP contribution in [0.25, 0.3) is 0 Å². The molecule has 1 aliphatic heterocycles. The van der Waals surface area contributed by atoms with Crippen LogP contribution in [0, 0.1) is 11.2 Å². The molecule has 5 nitrogen and oxygen atoms in total. The van der Waals surface area contributed by atoms with E-state index in [4.69, 9.17) is 16.3 Å². The van der Waals surface area contributed by atoms with E-state index in [1.807, 2.05) is 27.7 Å². The van der Waals surface area contributed by atoms with Crippen LogP contribution in [0.2, 0.25) is 5.15 Å². The molecule has 1 aliphatic rings. The number of esters is 1. The number of nitrogens with one attached hydrogen (secondary N) is 1. The predicted molar refractivity (Wildman–Crippen MR) is 103 cm³/mol. The normalized spacial score (nSPS) is 24.0. The molecule has 1 aromatic rings. The van der Waals surface area contributed by atoms with Crippen LogP contribution in [-0.2, 0) is 21.6 Å². The van der Waals surface area contributed by atoms with Crippen molar-refractivity contribution < 1.29 is 19.0 Å². The third kappa shape index (κ3) is 5.39. The highest BCUT2D eigenvalue weighted by molar-refractivity contribution is 6.29. The zero-order valence-electron chi connectivity index (χ0n) is 16.9. The molecule has 0 bridgehead atoms. The Hall–Kier alpha value is -1.24. The summed E-state index contributed by atoms with van der Waals surface area (Å²) in [7, 11) is 0.